The fraction of sp³-hybridized carbons (Fsp3) is 0.400. The Morgan fingerprint density at radius 1 is 1.26 bits per heavy atom. The molecule has 1 aromatic rings. The van der Waals surface area contributed by atoms with E-state index in [1.54, 1.807) is 6.08 Å². The van der Waals surface area contributed by atoms with Crippen molar-refractivity contribution in [3.8, 4) is 5.75 Å². The molecule has 1 aromatic carbocycles. The van der Waals surface area contributed by atoms with Crippen molar-refractivity contribution in [1.29, 1.82) is 0 Å². The molecule has 1 rings (SSSR count). The molecule has 0 saturated carbocycles. The number of hydrogen-bond donors (Lipinski definition) is 2. The molecule has 0 aromatic heterocycles. The van der Waals surface area contributed by atoms with Crippen molar-refractivity contribution in [2.24, 2.45) is 0 Å². The van der Waals surface area contributed by atoms with Crippen molar-refractivity contribution in [3.05, 3.63) is 34.9 Å². The van der Waals surface area contributed by atoms with Crippen molar-refractivity contribution in [3.63, 3.8) is 0 Å². The Morgan fingerprint density at radius 3 is 2.63 bits per heavy atom. The number of aliphatic carboxylic acids is 1. The molecule has 4 nitrogen and oxygen atoms in total. The Labute approximate surface area is 113 Å². The zero-order chi connectivity index (χ0) is 14.3. The van der Waals surface area contributed by atoms with E-state index in [0.717, 1.165) is 41.4 Å². The van der Waals surface area contributed by atoms with Crippen LogP contribution in [-0.4, -0.2) is 29.4 Å². The maximum atomic E-state index is 10.5. The van der Waals surface area contributed by atoms with Gasteiger partial charge in [-0.25, -0.2) is 4.79 Å². The minimum Gasteiger partial charge on any atom is -0.493 e. The summed E-state index contributed by atoms with van der Waals surface area (Å²) in [7, 11) is 0. The average Bonchev–Trinajstić information content (AvgIpc) is 2.38. The summed E-state index contributed by atoms with van der Waals surface area (Å²) in [5, 5.41) is 17.3. The lowest BCUT2D eigenvalue weighted by molar-refractivity contribution is -0.131. The number of aliphatic hydroxyl groups is 1. The van der Waals surface area contributed by atoms with E-state index in [1.807, 2.05) is 26.0 Å². The van der Waals surface area contributed by atoms with Gasteiger partial charge in [-0.15, -0.1) is 0 Å². The number of carboxylic acid groups (broad SMARTS) is 1. The van der Waals surface area contributed by atoms with E-state index in [0.29, 0.717) is 6.61 Å². The van der Waals surface area contributed by atoms with E-state index < -0.39 is 5.97 Å². The van der Waals surface area contributed by atoms with E-state index in [1.165, 1.54) is 0 Å². The monoisotopic (exact) mass is 264 g/mol. The van der Waals surface area contributed by atoms with Crippen LogP contribution in [0, 0.1) is 13.8 Å². The zero-order valence-electron chi connectivity index (χ0n) is 11.3. The van der Waals surface area contributed by atoms with Gasteiger partial charge >= 0.3 is 5.97 Å². The van der Waals surface area contributed by atoms with Crippen LogP contribution in [0.3, 0.4) is 0 Å². The molecule has 0 unspecified atom stereocenters. The fourth-order valence-electron chi connectivity index (χ4n) is 1.71. The first-order valence-corrected chi connectivity index (χ1v) is 6.31. The van der Waals surface area contributed by atoms with Crippen molar-refractivity contribution >= 4 is 12.0 Å². The Bertz CT molecular complexity index is 463. The summed E-state index contributed by atoms with van der Waals surface area (Å²) >= 11 is 0. The van der Waals surface area contributed by atoms with E-state index in [9.17, 15) is 4.79 Å². The lowest BCUT2D eigenvalue weighted by Crippen LogP contribution is -2.01. The summed E-state index contributed by atoms with van der Waals surface area (Å²) in [6.45, 7) is 4.65. The van der Waals surface area contributed by atoms with Crippen LogP contribution in [0.25, 0.3) is 6.08 Å². The molecule has 0 heterocycles. The van der Waals surface area contributed by atoms with Crippen LogP contribution in [0.5, 0.6) is 5.75 Å². The van der Waals surface area contributed by atoms with Crippen molar-refractivity contribution in [1.82, 2.24) is 0 Å². The molecule has 0 saturated heterocycles. The average molecular weight is 264 g/mol. The molecule has 0 aliphatic heterocycles. The second kappa shape index (κ2) is 7.59. The molecule has 0 radical (unpaired) electrons. The lowest BCUT2D eigenvalue weighted by Gasteiger charge is -2.12. The molecule has 0 amide bonds. The van der Waals surface area contributed by atoms with Crippen LogP contribution in [0.2, 0.25) is 0 Å². The van der Waals surface area contributed by atoms with Crippen molar-refractivity contribution in [2.45, 2.75) is 26.7 Å². The minimum absolute atomic E-state index is 0.181. The molecule has 0 atom stereocenters. The second-order valence-electron chi connectivity index (χ2n) is 4.35. The number of hydrogen-bond acceptors (Lipinski definition) is 3. The third-order valence-corrected chi connectivity index (χ3v) is 2.99. The molecular formula is C15H20O4. The summed E-state index contributed by atoms with van der Waals surface area (Å²) in [5.74, 6) is -0.149. The highest BCUT2D eigenvalue weighted by Crippen LogP contribution is 2.25. The molecule has 2 N–H and O–H groups in total. The highest BCUT2D eigenvalue weighted by Gasteiger charge is 2.06. The number of rotatable bonds is 7. The largest absolute Gasteiger partial charge is 0.493 e. The number of aliphatic hydroxyl groups excluding tert-OH is 1. The third-order valence-electron chi connectivity index (χ3n) is 2.99. The normalized spacial score (nSPS) is 10.9. The van der Waals surface area contributed by atoms with Gasteiger partial charge in [0.2, 0.25) is 0 Å². The van der Waals surface area contributed by atoms with Gasteiger partial charge in [-0.3, -0.25) is 0 Å². The number of unbranched alkanes of at least 4 members (excludes halogenated alkanes) is 1. The van der Waals surface area contributed by atoms with E-state index in [2.05, 4.69) is 0 Å². The Balaban J connectivity index is 2.76. The third kappa shape index (κ3) is 4.75. The topological polar surface area (TPSA) is 66.8 Å². The Kier molecular flexibility index (Phi) is 6.09. The molecular weight excluding hydrogens is 244 g/mol. The Morgan fingerprint density at radius 2 is 2.00 bits per heavy atom. The summed E-state index contributed by atoms with van der Waals surface area (Å²) in [6.07, 6.45) is 4.26. The van der Waals surface area contributed by atoms with Gasteiger partial charge in [-0.05, 0) is 55.5 Å². The highest BCUT2D eigenvalue weighted by molar-refractivity contribution is 5.85. The highest BCUT2D eigenvalue weighted by atomic mass is 16.5. The van der Waals surface area contributed by atoms with Crippen LogP contribution in [0.1, 0.15) is 29.5 Å². The van der Waals surface area contributed by atoms with E-state index in [4.69, 9.17) is 14.9 Å². The fourth-order valence-corrected chi connectivity index (χ4v) is 1.71. The van der Waals surface area contributed by atoms with Crippen LogP contribution >= 0.6 is 0 Å². The smallest absolute Gasteiger partial charge is 0.328 e. The van der Waals surface area contributed by atoms with Gasteiger partial charge in [0.1, 0.15) is 5.75 Å². The lowest BCUT2D eigenvalue weighted by atomic mass is 10.0. The first kappa shape index (κ1) is 15.2. The molecule has 104 valence electrons. The maximum Gasteiger partial charge on any atom is 0.328 e. The number of benzene rings is 1. The SMILES string of the molecule is Cc1c(/C=C/C(=O)O)ccc(OCCCCO)c1C. The van der Waals surface area contributed by atoms with E-state index >= 15 is 0 Å². The quantitative estimate of drug-likeness (QED) is 0.586. The molecule has 0 bridgehead atoms. The molecule has 4 heteroatoms. The van der Waals surface area contributed by atoms with Crippen molar-refractivity contribution in [2.75, 3.05) is 13.2 Å². The van der Waals surface area contributed by atoms with E-state index in [-0.39, 0.29) is 6.61 Å². The predicted octanol–water partition coefficient (Wildman–Crippen LogP) is 2.55. The van der Waals surface area contributed by atoms with Gasteiger partial charge in [0, 0.05) is 12.7 Å². The van der Waals surface area contributed by atoms with Gasteiger partial charge in [0.15, 0.2) is 0 Å². The predicted molar refractivity (Wildman–Crippen MR) is 74.4 cm³/mol. The second-order valence-corrected chi connectivity index (χ2v) is 4.35. The van der Waals surface area contributed by atoms with Gasteiger partial charge in [-0.2, -0.15) is 0 Å². The summed E-state index contributed by atoms with van der Waals surface area (Å²) < 4.78 is 5.65. The molecule has 0 aliphatic carbocycles. The van der Waals surface area contributed by atoms with Crippen LogP contribution in [0.15, 0.2) is 18.2 Å². The standard InChI is InChI=1S/C15H20O4/c1-11-12(2)14(19-10-4-3-9-16)7-5-13(11)6-8-15(17)18/h5-8,16H,3-4,9-10H2,1-2H3,(H,17,18)/b8-6+. The van der Waals surface area contributed by atoms with Crippen LogP contribution in [-0.2, 0) is 4.79 Å². The van der Waals surface area contributed by atoms with Crippen LogP contribution < -0.4 is 4.74 Å². The van der Waals surface area contributed by atoms with Gasteiger partial charge in [-0.1, -0.05) is 6.07 Å². The number of carboxylic acids is 1. The van der Waals surface area contributed by atoms with Crippen molar-refractivity contribution < 1.29 is 19.7 Å². The minimum atomic E-state index is -0.957. The first-order valence-electron chi connectivity index (χ1n) is 6.31. The Hall–Kier alpha value is -1.81. The number of carbonyl (C=O) groups is 1. The summed E-state index contributed by atoms with van der Waals surface area (Å²) in [5.41, 5.74) is 2.90. The summed E-state index contributed by atoms with van der Waals surface area (Å²) in [6, 6.07) is 3.70. The zero-order valence-corrected chi connectivity index (χ0v) is 11.3. The van der Waals surface area contributed by atoms with Crippen LogP contribution in [0.4, 0.5) is 0 Å². The number of ether oxygens (including phenoxy) is 1. The molecule has 0 fully saturated rings. The summed E-state index contributed by atoms with van der Waals surface area (Å²) in [4.78, 5) is 10.5. The van der Waals surface area contributed by atoms with Gasteiger partial charge < -0.3 is 14.9 Å². The van der Waals surface area contributed by atoms with Gasteiger partial charge in [0.25, 0.3) is 0 Å². The molecule has 0 aliphatic rings. The molecule has 0 spiro atoms. The maximum absolute atomic E-state index is 10.5. The molecule has 19 heavy (non-hydrogen) atoms. The van der Waals surface area contributed by atoms with Gasteiger partial charge in [0.05, 0.1) is 6.61 Å². The first-order chi connectivity index (χ1) is 9.06.